The van der Waals surface area contributed by atoms with Gasteiger partial charge in [0.2, 0.25) is 0 Å². The molecule has 3 N–H and O–H groups in total. The van der Waals surface area contributed by atoms with Crippen LogP contribution in [0.2, 0.25) is 0 Å². The van der Waals surface area contributed by atoms with Gasteiger partial charge in [0.1, 0.15) is 0 Å². The molecule has 1 aliphatic rings. The van der Waals surface area contributed by atoms with E-state index in [1.807, 2.05) is 5.32 Å². The lowest BCUT2D eigenvalue weighted by Crippen LogP contribution is -2.46. The van der Waals surface area contributed by atoms with Crippen LogP contribution in [0.25, 0.3) is 0 Å². The predicted molar refractivity (Wildman–Crippen MR) is 87.4 cm³/mol. The van der Waals surface area contributed by atoms with Crippen molar-refractivity contribution < 1.29 is 19.1 Å². The Labute approximate surface area is 138 Å². The lowest BCUT2D eigenvalue weighted by molar-refractivity contribution is -0.163. The zero-order valence-corrected chi connectivity index (χ0v) is 14.5. The number of hydrogen-bond donors (Lipinski definition) is 2. The summed E-state index contributed by atoms with van der Waals surface area (Å²) in [4.78, 5) is 35.0. The standard InChI is InChI=1S/C17H30N2O4/c1-4-5-6-12-7-9-13(10-8-12)16(21)23-14(11(2)3)15(20)19-17(18)22/h11-14H,4-10H2,1-3H3,(H3,18,19,20,22)/t12?,13?,14-/m0/s1. The van der Waals surface area contributed by atoms with Crippen molar-refractivity contribution in [2.24, 2.45) is 23.5 Å². The molecule has 0 radical (unpaired) electrons. The first-order chi connectivity index (χ1) is 10.8. The van der Waals surface area contributed by atoms with E-state index in [4.69, 9.17) is 10.5 Å². The number of nitrogens with one attached hydrogen (secondary N) is 1. The van der Waals surface area contributed by atoms with Crippen molar-refractivity contribution in [1.29, 1.82) is 0 Å². The number of carbonyl (C=O) groups excluding carboxylic acids is 3. The first kappa shape index (κ1) is 19.5. The molecule has 1 fully saturated rings. The molecule has 0 spiro atoms. The number of amides is 3. The number of unbranched alkanes of at least 4 members (excludes halogenated alkanes) is 1. The Morgan fingerprint density at radius 1 is 1.17 bits per heavy atom. The van der Waals surface area contributed by atoms with E-state index in [1.54, 1.807) is 13.8 Å². The highest BCUT2D eigenvalue weighted by Crippen LogP contribution is 2.32. The SMILES string of the molecule is CCCCC1CCC(C(=O)O[C@H](C(=O)NC(N)=O)C(C)C)CC1. The second-order valence-electron chi connectivity index (χ2n) is 6.81. The van der Waals surface area contributed by atoms with Crippen LogP contribution in [0.1, 0.15) is 65.7 Å². The average Bonchev–Trinajstić information content (AvgIpc) is 2.49. The van der Waals surface area contributed by atoms with E-state index in [0.29, 0.717) is 5.92 Å². The Kier molecular flexibility index (Phi) is 8.06. The molecule has 0 aromatic rings. The molecule has 0 heterocycles. The summed E-state index contributed by atoms with van der Waals surface area (Å²) >= 11 is 0. The molecule has 132 valence electrons. The Hall–Kier alpha value is -1.59. The van der Waals surface area contributed by atoms with Gasteiger partial charge in [-0.15, -0.1) is 0 Å². The number of ether oxygens (including phenoxy) is 1. The maximum Gasteiger partial charge on any atom is 0.318 e. The van der Waals surface area contributed by atoms with E-state index in [1.165, 1.54) is 19.3 Å². The number of nitrogens with two attached hydrogens (primary N) is 1. The summed E-state index contributed by atoms with van der Waals surface area (Å²) in [5, 5.41) is 1.99. The van der Waals surface area contributed by atoms with Crippen molar-refractivity contribution in [2.75, 3.05) is 0 Å². The summed E-state index contributed by atoms with van der Waals surface area (Å²) < 4.78 is 5.37. The number of esters is 1. The van der Waals surface area contributed by atoms with E-state index >= 15 is 0 Å². The fourth-order valence-electron chi connectivity index (χ4n) is 3.09. The van der Waals surface area contributed by atoms with Gasteiger partial charge in [0.15, 0.2) is 6.10 Å². The Balaban J connectivity index is 2.50. The maximum absolute atomic E-state index is 12.3. The zero-order valence-electron chi connectivity index (χ0n) is 14.5. The predicted octanol–water partition coefficient (Wildman–Crippen LogP) is 2.75. The van der Waals surface area contributed by atoms with Crippen molar-refractivity contribution in [3.8, 4) is 0 Å². The second kappa shape index (κ2) is 9.53. The summed E-state index contributed by atoms with van der Waals surface area (Å²) in [6, 6.07) is -0.937. The molecule has 6 nitrogen and oxygen atoms in total. The van der Waals surface area contributed by atoms with Crippen LogP contribution in [0.5, 0.6) is 0 Å². The number of urea groups is 1. The van der Waals surface area contributed by atoms with Gasteiger partial charge in [0, 0.05) is 0 Å². The molecule has 1 rings (SSSR count). The van der Waals surface area contributed by atoms with Gasteiger partial charge < -0.3 is 10.5 Å². The summed E-state index contributed by atoms with van der Waals surface area (Å²) in [6.07, 6.45) is 6.40. The lowest BCUT2D eigenvalue weighted by Gasteiger charge is -2.29. The number of imide groups is 1. The molecule has 1 aliphatic carbocycles. The fraction of sp³-hybridized carbons (Fsp3) is 0.824. The topological polar surface area (TPSA) is 98.5 Å². The molecule has 0 aromatic carbocycles. The van der Waals surface area contributed by atoms with Gasteiger partial charge >= 0.3 is 12.0 Å². The van der Waals surface area contributed by atoms with Crippen molar-refractivity contribution >= 4 is 17.9 Å². The normalized spacial score (nSPS) is 22.4. The number of primary amides is 1. The molecule has 0 unspecified atom stereocenters. The summed E-state index contributed by atoms with van der Waals surface area (Å²) in [6.45, 7) is 5.71. The fourth-order valence-corrected chi connectivity index (χ4v) is 3.09. The van der Waals surface area contributed by atoms with E-state index in [-0.39, 0.29) is 17.8 Å². The van der Waals surface area contributed by atoms with Gasteiger partial charge in [0.25, 0.3) is 5.91 Å². The number of hydrogen-bond acceptors (Lipinski definition) is 4. The molecular formula is C17H30N2O4. The first-order valence-electron chi connectivity index (χ1n) is 8.65. The lowest BCUT2D eigenvalue weighted by atomic mass is 9.80. The van der Waals surface area contributed by atoms with E-state index in [2.05, 4.69) is 6.92 Å². The third-order valence-corrected chi connectivity index (χ3v) is 4.50. The van der Waals surface area contributed by atoms with Crippen LogP contribution >= 0.6 is 0 Å². The highest BCUT2D eigenvalue weighted by atomic mass is 16.5. The Morgan fingerprint density at radius 2 is 1.78 bits per heavy atom. The van der Waals surface area contributed by atoms with Gasteiger partial charge in [0.05, 0.1) is 5.92 Å². The third-order valence-electron chi connectivity index (χ3n) is 4.50. The van der Waals surface area contributed by atoms with Crippen LogP contribution in [-0.4, -0.2) is 24.0 Å². The monoisotopic (exact) mass is 326 g/mol. The van der Waals surface area contributed by atoms with Gasteiger partial charge in [-0.05, 0) is 37.5 Å². The van der Waals surface area contributed by atoms with Gasteiger partial charge in [-0.25, -0.2) is 4.79 Å². The molecule has 23 heavy (non-hydrogen) atoms. The smallest absolute Gasteiger partial charge is 0.318 e. The second-order valence-corrected chi connectivity index (χ2v) is 6.81. The first-order valence-corrected chi connectivity index (χ1v) is 8.65. The average molecular weight is 326 g/mol. The van der Waals surface area contributed by atoms with Crippen molar-refractivity contribution in [3.63, 3.8) is 0 Å². The Morgan fingerprint density at radius 3 is 2.26 bits per heavy atom. The molecular weight excluding hydrogens is 296 g/mol. The number of rotatable bonds is 7. The highest BCUT2D eigenvalue weighted by molar-refractivity contribution is 5.96. The maximum atomic E-state index is 12.3. The van der Waals surface area contributed by atoms with Crippen LogP contribution in [0.4, 0.5) is 4.79 Å². The van der Waals surface area contributed by atoms with Crippen LogP contribution in [0.15, 0.2) is 0 Å². The van der Waals surface area contributed by atoms with Gasteiger partial charge in [-0.1, -0.05) is 40.0 Å². The quantitative estimate of drug-likeness (QED) is 0.703. The number of carbonyl (C=O) groups is 3. The van der Waals surface area contributed by atoms with Crippen molar-refractivity contribution in [3.05, 3.63) is 0 Å². The zero-order chi connectivity index (χ0) is 17.4. The van der Waals surface area contributed by atoms with Crippen LogP contribution in [-0.2, 0) is 14.3 Å². The van der Waals surface area contributed by atoms with E-state index in [9.17, 15) is 14.4 Å². The van der Waals surface area contributed by atoms with Gasteiger partial charge in [-0.3, -0.25) is 14.9 Å². The molecule has 0 saturated heterocycles. The summed E-state index contributed by atoms with van der Waals surface area (Å²) in [5.41, 5.74) is 4.95. The van der Waals surface area contributed by atoms with E-state index < -0.39 is 18.0 Å². The van der Waals surface area contributed by atoms with Crippen LogP contribution in [0.3, 0.4) is 0 Å². The van der Waals surface area contributed by atoms with Gasteiger partial charge in [-0.2, -0.15) is 0 Å². The molecule has 0 bridgehead atoms. The largest absolute Gasteiger partial charge is 0.452 e. The summed E-state index contributed by atoms with van der Waals surface area (Å²) in [5.74, 6) is -0.650. The van der Waals surface area contributed by atoms with Crippen molar-refractivity contribution in [2.45, 2.75) is 71.8 Å². The molecule has 0 aromatic heterocycles. The Bertz CT molecular complexity index is 415. The van der Waals surface area contributed by atoms with Crippen LogP contribution < -0.4 is 11.1 Å². The molecule has 0 aliphatic heterocycles. The van der Waals surface area contributed by atoms with Crippen molar-refractivity contribution in [1.82, 2.24) is 5.32 Å². The molecule has 1 saturated carbocycles. The van der Waals surface area contributed by atoms with E-state index in [0.717, 1.165) is 25.7 Å². The minimum atomic E-state index is -0.979. The minimum Gasteiger partial charge on any atom is -0.452 e. The van der Waals surface area contributed by atoms with Crippen LogP contribution in [0, 0.1) is 17.8 Å². The molecule has 1 atom stereocenters. The molecule has 6 heteroatoms. The highest BCUT2D eigenvalue weighted by Gasteiger charge is 2.32. The third kappa shape index (κ3) is 6.59. The minimum absolute atomic E-state index is 0.143. The molecule has 3 amide bonds. The summed E-state index contributed by atoms with van der Waals surface area (Å²) in [7, 11) is 0.